The summed E-state index contributed by atoms with van der Waals surface area (Å²) in [5.41, 5.74) is -0.672. The fraction of sp³-hybridized carbons (Fsp3) is 0.846. The van der Waals surface area contributed by atoms with Crippen molar-refractivity contribution >= 4 is 11.9 Å². The summed E-state index contributed by atoms with van der Waals surface area (Å²) in [5.74, 6) is -0.587. The van der Waals surface area contributed by atoms with Crippen LogP contribution in [0.1, 0.15) is 32.1 Å². The summed E-state index contributed by atoms with van der Waals surface area (Å²) in [6.45, 7) is 1.63. The summed E-state index contributed by atoms with van der Waals surface area (Å²) in [7, 11) is 0. The molecule has 0 unspecified atom stereocenters. The first-order chi connectivity index (χ1) is 8.63. The third kappa shape index (κ3) is 1.64. The molecule has 1 aliphatic carbocycles. The van der Waals surface area contributed by atoms with Crippen molar-refractivity contribution in [3.8, 4) is 0 Å². The van der Waals surface area contributed by atoms with Crippen molar-refractivity contribution in [2.24, 2.45) is 11.3 Å². The molecule has 3 fully saturated rings. The molecular weight excluding hydrogens is 234 g/mol. The molecule has 1 N–H and O–H groups in total. The first-order valence-corrected chi connectivity index (χ1v) is 6.77. The third-order valence-corrected chi connectivity index (χ3v) is 4.81. The summed E-state index contributed by atoms with van der Waals surface area (Å²) < 4.78 is 5.40. The number of amides is 1. The lowest BCUT2D eigenvalue weighted by molar-refractivity contribution is -0.150. The molecule has 18 heavy (non-hydrogen) atoms. The van der Waals surface area contributed by atoms with E-state index in [9.17, 15) is 14.7 Å². The molecule has 0 bridgehead atoms. The molecule has 0 spiro atoms. The molecule has 0 aromatic carbocycles. The maximum atomic E-state index is 12.3. The van der Waals surface area contributed by atoms with E-state index < -0.39 is 11.4 Å². The van der Waals surface area contributed by atoms with Crippen LogP contribution in [0.15, 0.2) is 0 Å². The van der Waals surface area contributed by atoms with Crippen LogP contribution in [-0.2, 0) is 14.3 Å². The Hall–Kier alpha value is -1.10. The van der Waals surface area contributed by atoms with Crippen molar-refractivity contribution in [2.75, 3.05) is 19.7 Å². The first kappa shape index (κ1) is 12.0. The number of hydrogen-bond donors (Lipinski definition) is 1. The van der Waals surface area contributed by atoms with Crippen molar-refractivity contribution in [1.82, 2.24) is 4.90 Å². The summed E-state index contributed by atoms with van der Waals surface area (Å²) in [4.78, 5) is 25.5. The van der Waals surface area contributed by atoms with E-state index in [1.807, 2.05) is 0 Å². The summed E-state index contributed by atoms with van der Waals surface area (Å²) >= 11 is 0. The van der Waals surface area contributed by atoms with Gasteiger partial charge >= 0.3 is 5.97 Å². The van der Waals surface area contributed by atoms with E-state index in [1.54, 1.807) is 4.90 Å². The van der Waals surface area contributed by atoms with Crippen LogP contribution < -0.4 is 0 Å². The maximum Gasteiger partial charge on any atom is 0.311 e. The molecule has 3 atom stereocenters. The van der Waals surface area contributed by atoms with Gasteiger partial charge in [0.15, 0.2) is 0 Å². The standard InChI is InChI=1S/C13H19NO4/c15-11(10-4-2-6-18-10)14-7-9-3-1-5-13(9,8-14)12(16)17/h9-10H,1-8H2,(H,16,17)/t9-,10+,13+/m0/s1. The molecule has 2 aliphatic heterocycles. The number of carbonyl (C=O) groups is 2. The molecule has 3 aliphatic rings. The van der Waals surface area contributed by atoms with Crippen LogP contribution in [0.5, 0.6) is 0 Å². The fourth-order valence-corrected chi connectivity index (χ4v) is 3.78. The maximum absolute atomic E-state index is 12.3. The Kier molecular flexibility index (Phi) is 2.81. The summed E-state index contributed by atoms with van der Waals surface area (Å²) in [5, 5.41) is 9.47. The smallest absolute Gasteiger partial charge is 0.311 e. The van der Waals surface area contributed by atoms with Gasteiger partial charge in [-0.25, -0.2) is 0 Å². The lowest BCUT2D eigenvalue weighted by Gasteiger charge is -2.24. The molecule has 1 saturated carbocycles. The highest BCUT2D eigenvalue weighted by Gasteiger charge is 2.56. The molecule has 2 saturated heterocycles. The second-order valence-corrected chi connectivity index (χ2v) is 5.77. The van der Waals surface area contributed by atoms with E-state index >= 15 is 0 Å². The Balaban J connectivity index is 1.74. The lowest BCUT2D eigenvalue weighted by Crippen LogP contribution is -2.40. The van der Waals surface area contributed by atoms with E-state index in [-0.39, 0.29) is 17.9 Å². The topological polar surface area (TPSA) is 66.8 Å². The number of carboxylic acid groups (broad SMARTS) is 1. The second-order valence-electron chi connectivity index (χ2n) is 5.77. The summed E-state index contributed by atoms with van der Waals surface area (Å²) in [6.07, 6.45) is 4.00. The van der Waals surface area contributed by atoms with Crippen LogP contribution in [0.2, 0.25) is 0 Å². The Bertz CT molecular complexity index is 377. The Labute approximate surface area is 106 Å². The minimum atomic E-state index is -0.729. The predicted molar refractivity (Wildman–Crippen MR) is 63.0 cm³/mol. The van der Waals surface area contributed by atoms with Crippen LogP contribution in [0.4, 0.5) is 0 Å². The van der Waals surface area contributed by atoms with Crippen LogP contribution in [0, 0.1) is 11.3 Å². The first-order valence-electron chi connectivity index (χ1n) is 6.77. The van der Waals surface area contributed by atoms with Gasteiger partial charge in [0.25, 0.3) is 5.91 Å². The Morgan fingerprint density at radius 2 is 2.11 bits per heavy atom. The van der Waals surface area contributed by atoms with Crippen molar-refractivity contribution in [3.05, 3.63) is 0 Å². The van der Waals surface area contributed by atoms with E-state index in [0.29, 0.717) is 26.1 Å². The zero-order valence-electron chi connectivity index (χ0n) is 10.4. The Morgan fingerprint density at radius 3 is 2.72 bits per heavy atom. The average Bonchev–Trinajstić information content (AvgIpc) is 3.03. The minimum absolute atomic E-state index is 0.00234. The minimum Gasteiger partial charge on any atom is -0.481 e. The molecule has 0 aromatic heterocycles. The number of ether oxygens (including phenoxy) is 1. The zero-order valence-corrected chi connectivity index (χ0v) is 10.4. The molecule has 1 amide bonds. The molecule has 5 heteroatoms. The van der Waals surface area contributed by atoms with Gasteiger partial charge in [0, 0.05) is 19.7 Å². The second kappa shape index (κ2) is 4.23. The number of hydrogen-bond acceptors (Lipinski definition) is 3. The molecule has 100 valence electrons. The van der Waals surface area contributed by atoms with Gasteiger partial charge in [-0.3, -0.25) is 9.59 Å². The van der Waals surface area contributed by atoms with E-state index in [1.165, 1.54) is 0 Å². The van der Waals surface area contributed by atoms with Crippen molar-refractivity contribution in [2.45, 2.75) is 38.2 Å². The average molecular weight is 253 g/mol. The van der Waals surface area contributed by atoms with Gasteiger partial charge in [-0.2, -0.15) is 0 Å². The zero-order chi connectivity index (χ0) is 12.8. The normalized spacial score (nSPS) is 39.0. The predicted octanol–water partition coefficient (Wildman–Crippen LogP) is 0.879. The number of carboxylic acids is 1. The SMILES string of the molecule is O=C([C@H]1CCCO1)N1C[C@@H]2CCC[C@@]2(C(=O)O)C1. The van der Waals surface area contributed by atoms with Crippen LogP contribution >= 0.6 is 0 Å². The largest absolute Gasteiger partial charge is 0.481 e. The van der Waals surface area contributed by atoms with E-state index in [4.69, 9.17) is 4.74 Å². The van der Waals surface area contributed by atoms with E-state index in [2.05, 4.69) is 0 Å². The number of carbonyl (C=O) groups excluding carboxylic acids is 1. The van der Waals surface area contributed by atoms with Gasteiger partial charge in [0.2, 0.25) is 0 Å². The molecule has 5 nitrogen and oxygen atoms in total. The number of likely N-dealkylation sites (tertiary alicyclic amines) is 1. The third-order valence-electron chi connectivity index (χ3n) is 4.81. The summed E-state index contributed by atoms with van der Waals surface area (Å²) in [6, 6.07) is 0. The fourth-order valence-electron chi connectivity index (χ4n) is 3.78. The molecule has 3 rings (SSSR count). The van der Waals surface area contributed by atoms with Gasteiger partial charge in [0.1, 0.15) is 6.10 Å². The van der Waals surface area contributed by atoms with Gasteiger partial charge in [-0.05, 0) is 31.6 Å². The van der Waals surface area contributed by atoms with Crippen molar-refractivity contribution in [1.29, 1.82) is 0 Å². The number of fused-ring (bicyclic) bond motifs is 1. The van der Waals surface area contributed by atoms with Gasteiger partial charge in [-0.15, -0.1) is 0 Å². The quantitative estimate of drug-likeness (QED) is 0.793. The van der Waals surface area contributed by atoms with Crippen molar-refractivity contribution in [3.63, 3.8) is 0 Å². The number of nitrogens with zero attached hydrogens (tertiary/aromatic N) is 1. The molecule has 0 aromatic rings. The molecule has 2 heterocycles. The number of aliphatic carboxylic acids is 1. The lowest BCUT2D eigenvalue weighted by atomic mass is 9.81. The highest BCUT2D eigenvalue weighted by molar-refractivity contribution is 5.84. The highest BCUT2D eigenvalue weighted by Crippen LogP contribution is 2.49. The van der Waals surface area contributed by atoms with Crippen molar-refractivity contribution < 1.29 is 19.4 Å². The number of rotatable bonds is 2. The van der Waals surface area contributed by atoms with E-state index in [0.717, 1.165) is 25.7 Å². The highest BCUT2D eigenvalue weighted by atomic mass is 16.5. The van der Waals surface area contributed by atoms with Crippen LogP contribution in [0.25, 0.3) is 0 Å². The van der Waals surface area contributed by atoms with Gasteiger partial charge in [0.05, 0.1) is 5.41 Å². The van der Waals surface area contributed by atoms with Crippen LogP contribution in [-0.4, -0.2) is 47.7 Å². The monoisotopic (exact) mass is 253 g/mol. The Morgan fingerprint density at radius 1 is 1.28 bits per heavy atom. The van der Waals surface area contributed by atoms with Gasteiger partial charge < -0.3 is 14.7 Å². The molecule has 0 radical (unpaired) electrons. The van der Waals surface area contributed by atoms with Gasteiger partial charge in [-0.1, -0.05) is 6.42 Å². The van der Waals surface area contributed by atoms with Crippen LogP contribution in [0.3, 0.4) is 0 Å². The molecular formula is C13H19NO4.